The molecule has 0 heterocycles. The van der Waals surface area contributed by atoms with E-state index in [1.54, 1.807) is 0 Å². The summed E-state index contributed by atoms with van der Waals surface area (Å²) in [6.07, 6.45) is 0.897. The minimum atomic E-state index is -0.749. The van der Waals surface area contributed by atoms with Crippen molar-refractivity contribution in [2.24, 2.45) is 21.6 Å². The Morgan fingerprint density at radius 1 is 1.82 bits per heavy atom. The largest absolute Gasteiger partial charge is 0.390 e. The fourth-order valence-corrected chi connectivity index (χ4v) is 0.242. The number of aliphatic imine (C=N–C) groups is 1. The van der Waals surface area contributed by atoms with E-state index in [1.807, 2.05) is 0 Å². The molecule has 0 aliphatic rings. The summed E-state index contributed by atoms with van der Waals surface area (Å²) in [4.78, 5) is 16.3. The maximum absolute atomic E-state index is 9.65. The van der Waals surface area contributed by atoms with Crippen LogP contribution >= 0.6 is 0 Å². The molecule has 0 amide bonds. The van der Waals surface area contributed by atoms with Crippen LogP contribution < -0.4 is 11.5 Å². The van der Waals surface area contributed by atoms with Crippen LogP contribution in [0, 0.1) is 10.1 Å². The van der Waals surface area contributed by atoms with E-state index in [0.717, 1.165) is 6.34 Å². The smallest absolute Gasteiger partial charge is 0.366 e. The van der Waals surface area contributed by atoms with E-state index < -0.39 is 11.7 Å². The lowest BCUT2D eigenvalue weighted by Gasteiger charge is -1.90. The summed E-state index contributed by atoms with van der Waals surface area (Å²) < 4.78 is 0. The molecule has 8 heteroatoms. The summed E-state index contributed by atoms with van der Waals surface area (Å²) in [5, 5.41) is 12.7. The van der Waals surface area contributed by atoms with Gasteiger partial charge in [-0.25, -0.2) is 4.99 Å². The number of rotatable bonds is 3. The second kappa shape index (κ2) is 4.97. The highest BCUT2D eigenvalue weighted by Crippen LogP contribution is 1.77. The summed E-state index contributed by atoms with van der Waals surface area (Å²) in [6, 6.07) is 0. The Kier molecular flexibility index (Phi) is 4.13. The Hall–Kier alpha value is -1.86. The van der Waals surface area contributed by atoms with Crippen molar-refractivity contribution in [3.05, 3.63) is 10.1 Å². The van der Waals surface area contributed by atoms with Gasteiger partial charge in [0.05, 0.1) is 11.3 Å². The molecule has 0 atom stereocenters. The standard InChI is InChI=1S/C3H7N5O3/c4-1-6-3(5)7-11-2-8(9)10/h1H,2H2,(H4,4,5,6,7). The van der Waals surface area contributed by atoms with E-state index in [-0.39, 0.29) is 5.96 Å². The lowest BCUT2D eigenvalue weighted by molar-refractivity contribution is -0.526. The van der Waals surface area contributed by atoms with Crippen molar-refractivity contribution in [3.63, 3.8) is 0 Å². The zero-order valence-electron chi connectivity index (χ0n) is 5.51. The van der Waals surface area contributed by atoms with Gasteiger partial charge in [0.25, 0.3) is 5.96 Å². The molecule has 0 aromatic rings. The van der Waals surface area contributed by atoms with Crippen LogP contribution in [0.1, 0.15) is 0 Å². The minimum Gasteiger partial charge on any atom is -0.390 e. The van der Waals surface area contributed by atoms with Crippen LogP contribution in [0.25, 0.3) is 0 Å². The number of oxime groups is 1. The fourth-order valence-electron chi connectivity index (χ4n) is 0.242. The van der Waals surface area contributed by atoms with Crippen molar-refractivity contribution in [1.29, 1.82) is 0 Å². The van der Waals surface area contributed by atoms with Crippen molar-refractivity contribution in [3.8, 4) is 0 Å². The van der Waals surface area contributed by atoms with Crippen molar-refractivity contribution in [1.82, 2.24) is 0 Å². The molecule has 0 saturated heterocycles. The second-order valence-electron chi connectivity index (χ2n) is 1.32. The van der Waals surface area contributed by atoms with Gasteiger partial charge < -0.3 is 16.3 Å². The summed E-state index contributed by atoms with van der Waals surface area (Å²) in [5.41, 5.74) is 9.81. The maximum atomic E-state index is 9.65. The first-order chi connectivity index (χ1) is 5.16. The molecular formula is C3H7N5O3. The highest BCUT2D eigenvalue weighted by atomic mass is 16.7. The van der Waals surface area contributed by atoms with E-state index >= 15 is 0 Å². The van der Waals surface area contributed by atoms with Gasteiger partial charge in [0, 0.05) is 0 Å². The van der Waals surface area contributed by atoms with Crippen LogP contribution in [0.15, 0.2) is 10.1 Å². The van der Waals surface area contributed by atoms with Gasteiger partial charge in [-0.2, -0.15) is 0 Å². The molecule has 0 spiro atoms. The number of nitro groups is 1. The Morgan fingerprint density at radius 3 is 2.91 bits per heavy atom. The predicted molar refractivity (Wildman–Crippen MR) is 37.2 cm³/mol. The molecule has 0 aromatic heterocycles. The number of nitrogens with two attached hydrogens (primary N) is 2. The molecule has 0 aliphatic heterocycles. The summed E-state index contributed by atoms with van der Waals surface area (Å²) in [7, 11) is 0. The zero-order chi connectivity index (χ0) is 8.69. The van der Waals surface area contributed by atoms with Crippen molar-refractivity contribution in [2.75, 3.05) is 6.73 Å². The quantitative estimate of drug-likeness (QED) is 0.170. The Bertz CT molecular complexity index is 187. The number of guanidine groups is 1. The monoisotopic (exact) mass is 161 g/mol. The Balaban J connectivity index is 3.64. The fraction of sp³-hybridized carbons (Fsp3) is 0.333. The van der Waals surface area contributed by atoms with Gasteiger partial charge in [-0.1, -0.05) is 0 Å². The molecule has 0 rings (SSSR count). The third kappa shape index (κ3) is 6.02. The van der Waals surface area contributed by atoms with Gasteiger partial charge in [0.1, 0.15) is 0 Å². The van der Waals surface area contributed by atoms with Crippen LogP contribution in [-0.2, 0) is 4.84 Å². The van der Waals surface area contributed by atoms with E-state index in [9.17, 15) is 10.1 Å². The molecule has 8 nitrogen and oxygen atoms in total. The van der Waals surface area contributed by atoms with Crippen molar-refractivity contribution < 1.29 is 9.76 Å². The molecule has 0 aliphatic carbocycles. The normalized spacial score (nSPS) is 11.8. The first-order valence-electron chi connectivity index (χ1n) is 2.48. The Labute approximate surface area is 61.7 Å². The zero-order valence-corrected chi connectivity index (χ0v) is 5.51. The molecule has 0 unspecified atom stereocenters. The first-order valence-corrected chi connectivity index (χ1v) is 2.48. The Morgan fingerprint density at radius 2 is 2.45 bits per heavy atom. The average molecular weight is 161 g/mol. The van der Waals surface area contributed by atoms with E-state index in [2.05, 4.69) is 15.0 Å². The van der Waals surface area contributed by atoms with Crippen molar-refractivity contribution in [2.45, 2.75) is 0 Å². The summed E-state index contributed by atoms with van der Waals surface area (Å²) >= 11 is 0. The van der Waals surface area contributed by atoms with Crippen LogP contribution in [0.2, 0.25) is 0 Å². The van der Waals surface area contributed by atoms with Crippen molar-refractivity contribution >= 4 is 12.3 Å². The SMILES string of the molecule is N/C=N/C(N)=N/OC[N+](=O)[O-]. The third-order valence-corrected chi connectivity index (χ3v) is 0.528. The lowest BCUT2D eigenvalue weighted by Crippen LogP contribution is -2.12. The molecule has 4 N–H and O–H groups in total. The maximum Gasteiger partial charge on any atom is 0.366 e. The van der Waals surface area contributed by atoms with Gasteiger partial charge in [-0.05, 0) is 5.16 Å². The van der Waals surface area contributed by atoms with Crippen LogP contribution in [0.3, 0.4) is 0 Å². The average Bonchev–Trinajstić information content (AvgIpc) is 1.87. The number of hydrogen-bond acceptors (Lipinski definition) is 4. The molecule has 62 valence electrons. The van der Waals surface area contributed by atoms with Gasteiger partial charge in [0.2, 0.25) is 0 Å². The highest BCUT2D eigenvalue weighted by molar-refractivity contribution is 5.84. The van der Waals surface area contributed by atoms with Gasteiger partial charge in [-0.3, -0.25) is 10.1 Å². The molecule has 11 heavy (non-hydrogen) atoms. The lowest BCUT2D eigenvalue weighted by atomic mass is 11.0. The van der Waals surface area contributed by atoms with E-state index in [4.69, 9.17) is 11.5 Å². The van der Waals surface area contributed by atoms with Gasteiger partial charge in [0.15, 0.2) is 0 Å². The minimum absolute atomic E-state index is 0.269. The summed E-state index contributed by atoms with van der Waals surface area (Å²) in [6.45, 7) is -0.749. The van der Waals surface area contributed by atoms with Gasteiger partial charge >= 0.3 is 6.73 Å². The van der Waals surface area contributed by atoms with Crippen LogP contribution in [-0.4, -0.2) is 24.0 Å². The first kappa shape index (κ1) is 9.14. The molecule has 0 aromatic carbocycles. The molecule has 0 saturated carbocycles. The number of nitrogens with zero attached hydrogens (tertiary/aromatic N) is 3. The molecular weight excluding hydrogens is 154 g/mol. The molecule has 0 bridgehead atoms. The van der Waals surface area contributed by atoms with Gasteiger partial charge in [-0.15, -0.1) is 0 Å². The van der Waals surface area contributed by atoms with Crippen LogP contribution in [0.5, 0.6) is 0 Å². The van der Waals surface area contributed by atoms with E-state index in [0.29, 0.717) is 0 Å². The topological polar surface area (TPSA) is 129 Å². The third-order valence-electron chi connectivity index (χ3n) is 0.528. The molecule has 0 fully saturated rings. The predicted octanol–water partition coefficient (Wildman–Crippen LogP) is -1.55. The van der Waals surface area contributed by atoms with E-state index in [1.165, 1.54) is 0 Å². The summed E-state index contributed by atoms with van der Waals surface area (Å²) in [5.74, 6) is -0.269. The van der Waals surface area contributed by atoms with Crippen LogP contribution in [0.4, 0.5) is 0 Å². The molecule has 0 radical (unpaired) electrons. The number of hydrogen-bond donors (Lipinski definition) is 2. The second-order valence-corrected chi connectivity index (χ2v) is 1.32. The highest BCUT2D eigenvalue weighted by Gasteiger charge is 1.93.